The summed E-state index contributed by atoms with van der Waals surface area (Å²) < 4.78 is 58.8. The minimum Gasteiger partial charge on any atom is -0.351 e. The number of carbonyl (C=O) groups is 1. The second-order valence-corrected chi connectivity index (χ2v) is 10.5. The molecular formula is C19H22N6O6S2. The van der Waals surface area contributed by atoms with Crippen molar-refractivity contribution in [3.63, 3.8) is 0 Å². The van der Waals surface area contributed by atoms with E-state index in [0.717, 1.165) is 6.26 Å². The normalized spacial score (nSPS) is 15.0. The molecule has 0 aliphatic carbocycles. The fourth-order valence-electron chi connectivity index (χ4n) is 3.68. The average molecular weight is 495 g/mol. The first-order valence-corrected chi connectivity index (χ1v) is 13.2. The third kappa shape index (κ3) is 5.53. The summed E-state index contributed by atoms with van der Waals surface area (Å²) in [5, 5.41) is 0.694. The number of pyridine rings is 1. The van der Waals surface area contributed by atoms with E-state index in [2.05, 4.69) is 14.7 Å². The smallest absolute Gasteiger partial charge is 0.351 e. The molecule has 2 aromatic heterocycles. The minimum atomic E-state index is -4.45. The Hall–Kier alpha value is -3.36. The van der Waals surface area contributed by atoms with Crippen LogP contribution in [0.1, 0.15) is 10.5 Å². The fraction of sp³-hybridized carbons (Fsp3) is 0.263. The maximum absolute atomic E-state index is 13.0. The molecule has 1 aliphatic rings. The number of carbonyl (C=O) groups excluding carboxylic acids is 1. The van der Waals surface area contributed by atoms with Crippen molar-refractivity contribution in [2.45, 2.75) is 0 Å². The number of hydrogen-bond donors (Lipinski definition) is 4. The lowest BCUT2D eigenvalue weighted by molar-refractivity contribution is 0.0741. The topological polar surface area (TPSA) is 165 Å². The number of hydrogen-bond acceptors (Lipinski definition) is 7. The van der Waals surface area contributed by atoms with Crippen LogP contribution >= 0.6 is 0 Å². The quantitative estimate of drug-likeness (QED) is 0.370. The average Bonchev–Trinajstić information content (AvgIpc) is 3.15. The van der Waals surface area contributed by atoms with Gasteiger partial charge in [-0.2, -0.15) is 8.42 Å². The molecule has 0 atom stereocenters. The highest BCUT2D eigenvalue weighted by molar-refractivity contribution is 7.92. The molecule has 0 unspecified atom stereocenters. The molecule has 33 heavy (non-hydrogen) atoms. The Bertz CT molecular complexity index is 1410. The van der Waals surface area contributed by atoms with Crippen LogP contribution in [0.15, 0.2) is 42.6 Å². The van der Waals surface area contributed by atoms with Crippen LogP contribution in [0.4, 0.5) is 17.2 Å². The van der Waals surface area contributed by atoms with E-state index in [0.29, 0.717) is 54.3 Å². The summed E-state index contributed by atoms with van der Waals surface area (Å²) in [5.74, 6) is 0.152. The van der Waals surface area contributed by atoms with Gasteiger partial charge in [-0.05, 0) is 36.4 Å². The molecule has 0 radical (unpaired) electrons. The number of rotatable bonds is 6. The number of anilines is 3. The summed E-state index contributed by atoms with van der Waals surface area (Å²) in [6.45, 7) is 1.56. The Morgan fingerprint density at radius 2 is 1.79 bits per heavy atom. The molecule has 3 heterocycles. The van der Waals surface area contributed by atoms with Gasteiger partial charge in [0.05, 0.1) is 11.9 Å². The number of nitrogens with one attached hydrogen (secondary N) is 3. The number of aromatic nitrogens is 2. The Balaban J connectivity index is 1.46. The van der Waals surface area contributed by atoms with E-state index in [1.807, 2.05) is 9.62 Å². The number of aromatic amines is 1. The molecule has 1 saturated heterocycles. The van der Waals surface area contributed by atoms with Crippen molar-refractivity contribution < 1.29 is 26.2 Å². The number of H-pyrrole nitrogens is 1. The van der Waals surface area contributed by atoms with Crippen molar-refractivity contribution in [3.8, 4) is 0 Å². The van der Waals surface area contributed by atoms with Crippen LogP contribution < -0.4 is 14.3 Å². The lowest BCUT2D eigenvalue weighted by Crippen LogP contribution is -2.49. The number of benzene rings is 1. The van der Waals surface area contributed by atoms with Gasteiger partial charge >= 0.3 is 10.3 Å². The van der Waals surface area contributed by atoms with Crippen LogP contribution in [0.2, 0.25) is 0 Å². The zero-order valence-corrected chi connectivity index (χ0v) is 19.1. The number of sulfonamides is 1. The first-order valence-electron chi connectivity index (χ1n) is 9.83. The largest absolute Gasteiger partial charge is 0.357 e. The lowest BCUT2D eigenvalue weighted by Gasteiger charge is -2.35. The third-order valence-corrected chi connectivity index (χ3v) is 6.13. The summed E-state index contributed by atoms with van der Waals surface area (Å²) in [7, 11) is -7.86. The van der Waals surface area contributed by atoms with Crippen LogP contribution in [0, 0.1) is 0 Å². The second kappa shape index (κ2) is 8.53. The zero-order chi connectivity index (χ0) is 23.8. The van der Waals surface area contributed by atoms with Gasteiger partial charge in [0.1, 0.15) is 5.69 Å². The Labute approximate surface area is 190 Å². The van der Waals surface area contributed by atoms with Gasteiger partial charge < -0.3 is 14.8 Å². The Morgan fingerprint density at radius 1 is 1.06 bits per heavy atom. The van der Waals surface area contributed by atoms with Crippen molar-refractivity contribution in [1.82, 2.24) is 14.9 Å². The van der Waals surface area contributed by atoms with Crippen molar-refractivity contribution in [1.29, 1.82) is 0 Å². The van der Waals surface area contributed by atoms with Crippen molar-refractivity contribution in [3.05, 3.63) is 48.3 Å². The maximum Gasteiger partial charge on any atom is 0.357 e. The van der Waals surface area contributed by atoms with Gasteiger partial charge in [-0.15, -0.1) is 0 Å². The maximum atomic E-state index is 13.0. The molecule has 4 rings (SSSR count). The van der Waals surface area contributed by atoms with Crippen LogP contribution in [-0.4, -0.2) is 74.6 Å². The second-order valence-electron chi connectivity index (χ2n) is 7.59. The van der Waals surface area contributed by atoms with E-state index in [-0.39, 0.29) is 11.6 Å². The van der Waals surface area contributed by atoms with Gasteiger partial charge in [-0.25, -0.2) is 13.4 Å². The summed E-state index contributed by atoms with van der Waals surface area (Å²) in [4.78, 5) is 23.8. The highest BCUT2D eigenvalue weighted by Crippen LogP contribution is 2.26. The number of fused-ring (bicyclic) bond motifs is 1. The Morgan fingerprint density at radius 3 is 2.45 bits per heavy atom. The molecule has 1 amide bonds. The first-order chi connectivity index (χ1) is 15.5. The van der Waals surface area contributed by atoms with Crippen LogP contribution in [0.25, 0.3) is 10.9 Å². The summed E-state index contributed by atoms with van der Waals surface area (Å²) in [5.41, 5.74) is 1.63. The fourth-order valence-corrected chi connectivity index (χ4v) is 4.68. The zero-order valence-electron chi connectivity index (χ0n) is 17.5. The van der Waals surface area contributed by atoms with E-state index < -0.39 is 20.3 Å². The van der Waals surface area contributed by atoms with Crippen molar-refractivity contribution in [2.75, 3.05) is 46.8 Å². The van der Waals surface area contributed by atoms with E-state index in [9.17, 15) is 21.6 Å². The van der Waals surface area contributed by atoms with Gasteiger partial charge in [0.25, 0.3) is 5.91 Å². The standard InChI is InChI=1S/C19H22N6O6S2/c1-32(27,28)22-14-4-5-15-13(11-14)12-17(21-15)19(26)25-9-7-24(8-10-25)18-16(3-2-6-20-18)23-33(29,30)31/h2-6,11-12,21-23H,7-10H2,1H3,(H,29,30,31). The van der Waals surface area contributed by atoms with E-state index in [1.165, 1.54) is 12.3 Å². The van der Waals surface area contributed by atoms with Crippen LogP contribution in [0.3, 0.4) is 0 Å². The van der Waals surface area contributed by atoms with Gasteiger partial charge in [0, 0.05) is 49.0 Å². The summed E-state index contributed by atoms with van der Waals surface area (Å²) in [6, 6.07) is 9.66. The molecule has 14 heteroatoms. The van der Waals surface area contributed by atoms with Gasteiger partial charge in [-0.3, -0.25) is 18.8 Å². The van der Waals surface area contributed by atoms with E-state index in [4.69, 9.17) is 4.55 Å². The molecule has 4 N–H and O–H groups in total. The predicted molar refractivity (Wildman–Crippen MR) is 124 cm³/mol. The number of nitrogens with zero attached hydrogens (tertiary/aromatic N) is 3. The molecule has 12 nitrogen and oxygen atoms in total. The summed E-state index contributed by atoms with van der Waals surface area (Å²) in [6.07, 6.45) is 2.58. The molecular weight excluding hydrogens is 472 g/mol. The molecule has 0 spiro atoms. The molecule has 3 aromatic rings. The first kappa shape index (κ1) is 22.8. The van der Waals surface area contributed by atoms with Crippen molar-refractivity contribution in [2.24, 2.45) is 0 Å². The molecule has 1 aliphatic heterocycles. The molecule has 0 saturated carbocycles. The SMILES string of the molecule is CS(=O)(=O)Nc1ccc2[nH]c(C(=O)N3CCN(c4ncccc4NS(=O)(=O)O)CC3)cc2c1. The van der Waals surface area contributed by atoms with Crippen LogP contribution in [-0.2, 0) is 20.3 Å². The molecule has 1 fully saturated rings. The van der Waals surface area contributed by atoms with Gasteiger partial charge in [0.2, 0.25) is 10.0 Å². The van der Waals surface area contributed by atoms with Gasteiger partial charge in [-0.1, -0.05) is 0 Å². The molecule has 0 bridgehead atoms. The van der Waals surface area contributed by atoms with E-state index in [1.54, 1.807) is 35.2 Å². The number of piperazine rings is 1. The van der Waals surface area contributed by atoms with Crippen LogP contribution in [0.5, 0.6) is 0 Å². The van der Waals surface area contributed by atoms with E-state index >= 15 is 0 Å². The predicted octanol–water partition coefficient (Wildman–Crippen LogP) is 1.11. The Kier molecular flexibility index (Phi) is 5.90. The van der Waals surface area contributed by atoms with Crippen molar-refractivity contribution >= 4 is 54.3 Å². The molecule has 176 valence electrons. The highest BCUT2D eigenvalue weighted by Gasteiger charge is 2.25. The monoisotopic (exact) mass is 494 g/mol. The van der Waals surface area contributed by atoms with Gasteiger partial charge in [0.15, 0.2) is 5.82 Å². The minimum absolute atomic E-state index is 0.147. The third-order valence-electron chi connectivity index (χ3n) is 5.05. The molecule has 1 aromatic carbocycles. The highest BCUT2D eigenvalue weighted by atomic mass is 32.2. The lowest BCUT2D eigenvalue weighted by atomic mass is 10.2. The summed E-state index contributed by atoms with van der Waals surface area (Å²) >= 11 is 0. The number of amides is 1.